The van der Waals surface area contributed by atoms with E-state index in [1.165, 1.54) is 12.1 Å². The standard InChI is InChI=1S/C10H10ClN5O2/c1-16-5-13-9(15-16)4-12-8-3-6(10(17)18)2-7(11)14-8/h2-3,5H,4H2,1H3,(H,12,14)(H,17,18). The van der Waals surface area contributed by atoms with E-state index >= 15 is 0 Å². The van der Waals surface area contributed by atoms with Gasteiger partial charge in [0.05, 0.1) is 12.1 Å². The molecule has 7 nitrogen and oxygen atoms in total. The maximum absolute atomic E-state index is 10.8. The normalized spacial score (nSPS) is 10.3. The molecular weight excluding hydrogens is 258 g/mol. The first-order chi connectivity index (χ1) is 8.54. The molecule has 0 radical (unpaired) electrons. The Kier molecular flexibility index (Phi) is 3.42. The lowest BCUT2D eigenvalue weighted by Gasteiger charge is -2.04. The van der Waals surface area contributed by atoms with Gasteiger partial charge in [-0.15, -0.1) is 0 Å². The molecule has 0 saturated carbocycles. The van der Waals surface area contributed by atoms with E-state index in [0.717, 1.165) is 0 Å². The third-order valence-electron chi connectivity index (χ3n) is 2.12. The summed E-state index contributed by atoms with van der Waals surface area (Å²) in [5, 5.41) is 16.0. The van der Waals surface area contributed by atoms with Gasteiger partial charge in [0, 0.05) is 7.05 Å². The van der Waals surface area contributed by atoms with Gasteiger partial charge in [-0.05, 0) is 12.1 Å². The number of rotatable bonds is 4. The van der Waals surface area contributed by atoms with Crippen LogP contribution in [0.3, 0.4) is 0 Å². The number of nitrogens with zero attached hydrogens (tertiary/aromatic N) is 4. The van der Waals surface area contributed by atoms with Crippen LogP contribution >= 0.6 is 11.6 Å². The fraction of sp³-hybridized carbons (Fsp3) is 0.200. The number of aryl methyl sites for hydroxylation is 1. The summed E-state index contributed by atoms with van der Waals surface area (Å²) in [7, 11) is 1.76. The molecule has 2 aromatic rings. The molecule has 0 aromatic carbocycles. The Balaban J connectivity index is 2.11. The van der Waals surface area contributed by atoms with Crippen molar-refractivity contribution < 1.29 is 9.90 Å². The van der Waals surface area contributed by atoms with Gasteiger partial charge in [0.2, 0.25) is 0 Å². The number of anilines is 1. The van der Waals surface area contributed by atoms with Crippen LogP contribution in [-0.2, 0) is 13.6 Å². The molecule has 2 heterocycles. The van der Waals surface area contributed by atoms with Crippen LogP contribution in [0.25, 0.3) is 0 Å². The number of hydrogen-bond acceptors (Lipinski definition) is 5. The Labute approximate surface area is 107 Å². The van der Waals surface area contributed by atoms with Crippen molar-refractivity contribution in [3.8, 4) is 0 Å². The minimum Gasteiger partial charge on any atom is -0.478 e. The third kappa shape index (κ3) is 2.95. The number of hydrogen-bond donors (Lipinski definition) is 2. The Morgan fingerprint density at radius 3 is 2.94 bits per heavy atom. The summed E-state index contributed by atoms with van der Waals surface area (Å²) in [6.45, 7) is 0.341. The van der Waals surface area contributed by atoms with Crippen LogP contribution in [0, 0.1) is 0 Å². The first-order valence-corrected chi connectivity index (χ1v) is 5.41. The van der Waals surface area contributed by atoms with E-state index in [0.29, 0.717) is 18.2 Å². The van der Waals surface area contributed by atoms with Gasteiger partial charge in [-0.25, -0.2) is 14.8 Å². The second kappa shape index (κ2) is 5.01. The molecule has 8 heteroatoms. The number of aromatic nitrogens is 4. The Hall–Kier alpha value is -2.15. The smallest absolute Gasteiger partial charge is 0.335 e. The third-order valence-corrected chi connectivity index (χ3v) is 2.31. The zero-order valence-corrected chi connectivity index (χ0v) is 10.2. The lowest BCUT2D eigenvalue weighted by atomic mass is 10.2. The van der Waals surface area contributed by atoms with Gasteiger partial charge in [-0.3, -0.25) is 4.68 Å². The number of pyridine rings is 1. The van der Waals surface area contributed by atoms with E-state index in [-0.39, 0.29) is 10.7 Å². The average Bonchev–Trinajstić information content (AvgIpc) is 2.72. The second-order valence-corrected chi connectivity index (χ2v) is 3.94. The summed E-state index contributed by atoms with van der Waals surface area (Å²) in [6.07, 6.45) is 1.57. The van der Waals surface area contributed by atoms with Crippen molar-refractivity contribution in [2.24, 2.45) is 7.05 Å². The van der Waals surface area contributed by atoms with Crippen molar-refractivity contribution >= 4 is 23.4 Å². The Morgan fingerprint density at radius 2 is 2.33 bits per heavy atom. The quantitative estimate of drug-likeness (QED) is 0.808. The molecule has 0 aliphatic rings. The van der Waals surface area contributed by atoms with E-state index in [1.807, 2.05) is 0 Å². The molecule has 0 aliphatic heterocycles. The number of nitrogens with one attached hydrogen (secondary N) is 1. The van der Waals surface area contributed by atoms with Gasteiger partial charge in [-0.1, -0.05) is 11.6 Å². The zero-order valence-electron chi connectivity index (χ0n) is 9.46. The van der Waals surface area contributed by atoms with Crippen LogP contribution in [0.1, 0.15) is 16.2 Å². The summed E-state index contributed by atoms with van der Waals surface area (Å²) in [4.78, 5) is 18.8. The molecule has 0 fully saturated rings. The maximum Gasteiger partial charge on any atom is 0.335 e. The summed E-state index contributed by atoms with van der Waals surface area (Å²) < 4.78 is 1.57. The van der Waals surface area contributed by atoms with Crippen LogP contribution in [0.15, 0.2) is 18.5 Å². The van der Waals surface area contributed by atoms with Gasteiger partial charge in [0.25, 0.3) is 0 Å². The molecule has 0 amide bonds. The number of aromatic carboxylic acids is 1. The van der Waals surface area contributed by atoms with E-state index in [9.17, 15) is 4.79 Å². The van der Waals surface area contributed by atoms with E-state index < -0.39 is 5.97 Å². The minimum absolute atomic E-state index is 0.0754. The molecule has 0 saturated heterocycles. The summed E-state index contributed by atoms with van der Waals surface area (Å²) >= 11 is 5.73. The average molecular weight is 268 g/mol. The van der Waals surface area contributed by atoms with Crippen molar-refractivity contribution in [3.63, 3.8) is 0 Å². The van der Waals surface area contributed by atoms with Gasteiger partial charge < -0.3 is 10.4 Å². The fourth-order valence-corrected chi connectivity index (χ4v) is 1.55. The maximum atomic E-state index is 10.8. The first kappa shape index (κ1) is 12.3. The Bertz CT molecular complexity index is 583. The van der Waals surface area contributed by atoms with Gasteiger partial charge in [0.1, 0.15) is 17.3 Å². The van der Waals surface area contributed by atoms with Crippen molar-refractivity contribution in [3.05, 3.63) is 35.0 Å². The molecule has 0 unspecified atom stereocenters. The number of halogens is 1. The van der Waals surface area contributed by atoms with Crippen molar-refractivity contribution in [2.45, 2.75) is 6.54 Å². The first-order valence-electron chi connectivity index (χ1n) is 5.04. The molecule has 0 aliphatic carbocycles. The van der Waals surface area contributed by atoms with Crippen molar-refractivity contribution in [1.29, 1.82) is 0 Å². The van der Waals surface area contributed by atoms with Gasteiger partial charge in [-0.2, -0.15) is 5.10 Å². The highest BCUT2D eigenvalue weighted by Crippen LogP contribution is 2.14. The lowest BCUT2D eigenvalue weighted by Crippen LogP contribution is -2.06. The second-order valence-electron chi connectivity index (χ2n) is 3.56. The SMILES string of the molecule is Cn1cnc(CNc2cc(C(=O)O)cc(Cl)n2)n1. The van der Waals surface area contributed by atoms with Gasteiger partial charge >= 0.3 is 5.97 Å². The molecule has 0 bridgehead atoms. The molecule has 2 aromatic heterocycles. The van der Waals surface area contributed by atoms with E-state index in [4.69, 9.17) is 16.7 Å². The number of carboxylic acid groups (broad SMARTS) is 1. The van der Waals surface area contributed by atoms with Crippen LogP contribution in [0.4, 0.5) is 5.82 Å². The van der Waals surface area contributed by atoms with Crippen LogP contribution < -0.4 is 5.32 Å². The summed E-state index contributed by atoms with van der Waals surface area (Å²) in [5.74, 6) is -0.109. The molecule has 0 atom stereocenters. The predicted octanol–water partition coefficient (Wildman–Crippen LogP) is 1.17. The van der Waals surface area contributed by atoms with E-state index in [2.05, 4.69) is 20.4 Å². The highest BCUT2D eigenvalue weighted by atomic mass is 35.5. The minimum atomic E-state index is -1.06. The fourth-order valence-electron chi connectivity index (χ4n) is 1.35. The molecule has 18 heavy (non-hydrogen) atoms. The molecule has 2 rings (SSSR count). The van der Waals surface area contributed by atoms with Crippen LogP contribution in [-0.4, -0.2) is 30.8 Å². The summed E-state index contributed by atoms with van der Waals surface area (Å²) in [6, 6.07) is 2.69. The predicted molar refractivity (Wildman–Crippen MR) is 64.5 cm³/mol. The van der Waals surface area contributed by atoms with Crippen LogP contribution in [0.5, 0.6) is 0 Å². The molecule has 2 N–H and O–H groups in total. The molecule has 94 valence electrons. The summed E-state index contributed by atoms with van der Waals surface area (Å²) in [5.41, 5.74) is 0.0754. The molecule has 0 spiro atoms. The monoisotopic (exact) mass is 267 g/mol. The van der Waals surface area contributed by atoms with Gasteiger partial charge in [0.15, 0.2) is 5.82 Å². The number of carboxylic acids is 1. The van der Waals surface area contributed by atoms with Crippen molar-refractivity contribution in [2.75, 3.05) is 5.32 Å². The van der Waals surface area contributed by atoms with E-state index in [1.54, 1.807) is 18.1 Å². The Morgan fingerprint density at radius 1 is 1.56 bits per heavy atom. The van der Waals surface area contributed by atoms with Crippen molar-refractivity contribution in [1.82, 2.24) is 19.7 Å². The highest BCUT2D eigenvalue weighted by Gasteiger charge is 2.08. The largest absolute Gasteiger partial charge is 0.478 e. The zero-order chi connectivity index (χ0) is 13.1. The molecular formula is C10H10ClN5O2. The topological polar surface area (TPSA) is 92.9 Å². The van der Waals surface area contributed by atoms with Crippen LogP contribution in [0.2, 0.25) is 5.15 Å². The lowest BCUT2D eigenvalue weighted by molar-refractivity contribution is 0.0697. The number of carbonyl (C=O) groups is 1. The highest BCUT2D eigenvalue weighted by molar-refractivity contribution is 6.29.